The Morgan fingerprint density at radius 3 is 2.45 bits per heavy atom. The zero-order valence-electron chi connectivity index (χ0n) is 12.5. The van der Waals surface area contributed by atoms with E-state index in [1.165, 1.54) is 5.56 Å². The molecule has 2 aromatic rings. The average molecular weight is 272 g/mol. The number of aryl methyl sites for hydroxylation is 1. The average Bonchev–Trinajstić information content (AvgIpc) is 2.84. The Balaban J connectivity index is 1.88. The van der Waals surface area contributed by atoms with Gasteiger partial charge < -0.3 is 10.2 Å². The van der Waals surface area contributed by atoms with Gasteiger partial charge in [0.05, 0.1) is 6.54 Å². The third-order valence-electron chi connectivity index (χ3n) is 3.62. The minimum atomic E-state index is 0.0667. The summed E-state index contributed by atoms with van der Waals surface area (Å²) in [5.74, 6) is 2.35. The lowest BCUT2D eigenvalue weighted by atomic mass is 9.95. The second-order valence-corrected chi connectivity index (χ2v) is 5.62. The van der Waals surface area contributed by atoms with Gasteiger partial charge in [0.15, 0.2) is 0 Å². The third-order valence-corrected chi connectivity index (χ3v) is 3.62. The topological polar surface area (TPSA) is 42.4 Å². The molecule has 1 aromatic heterocycles. The first-order chi connectivity index (χ1) is 9.56. The molecule has 3 heteroatoms. The summed E-state index contributed by atoms with van der Waals surface area (Å²) in [6.45, 7) is 5.93. The van der Waals surface area contributed by atoms with Crippen LogP contribution in [0.4, 0.5) is 0 Å². The Hall–Kier alpha value is -1.58. The van der Waals surface area contributed by atoms with Crippen molar-refractivity contribution in [1.82, 2.24) is 4.90 Å². The molecule has 2 atom stereocenters. The van der Waals surface area contributed by atoms with Crippen molar-refractivity contribution < 1.29 is 4.42 Å². The van der Waals surface area contributed by atoms with Gasteiger partial charge in [-0.15, -0.1) is 0 Å². The first-order valence-electron chi connectivity index (χ1n) is 7.10. The van der Waals surface area contributed by atoms with Crippen LogP contribution in [0.1, 0.15) is 30.0 Å². The fraction of sp³-hybridized carbons (Fsp3) is 0.412. The Bertz CT molecular complexity index is 521. The van der Waals surface area contributed by atoms with E-state index in [4.69, 9.17) is 10.2 Å². The van der Waals surface area contributed by atoms with Gasteiger partial charge in [0.1, 0.15) is 11.5 Å². The van der Waals surface area contributed by atoms with Crippen LogP contribution in [0.5, 0.6) is 0 Å². The lowest BCUT2D eigenvalue weighted by molar-refractivity contribution is 0.239. The molecule has 0 radical (unpaired) electrons. The fourth-order valence-electron chi connectivity index (χ4n) is 2.51. The second-order valence-electron chi connectivity index (χ2n) is 5.62. The SMILES string of the molecule is Cc1ccc(CN(C)CC(C)C(N)c2ccccc2)o1. The van der Waals surface area contributed by atoms with Crippen molar-refractivity contribution in [2.45, 2.75) is 26.4 Å². The Kier molecular flexibility index (Phi) is 4.99. The quantitative estimate of drug-likeness (QED) is 0.877. The van der Waals surface area contributed by atoms with Gasteiger partial charge >= 0.3 is 0 Å². The molecule has 108 valence electrons. The molecule has 0 bridgehead atoms. The molecule has 0 fully saturated rings. The smallest absolute Gasteiger partial charge is 0.118 e. The lowest BCUT2D eigenvalue weighted by Crippen LogP contribution is -2.30. The standard InChI is InChI=1S/C17H24N2O/c1-13(17(18)15-7-5-4-6-8-15)11-19(3)12-16-10-9-14(2)20-16/h4-10,13,17H,11-12,18H2,1-3H3. The minimum absolute atomic E-state index is 0.0667. The van der Waals surface area contributed by atoms with Gasteiger partial charge in [-0.2, -0.15) is 0 Å². The van der Waals surface area contributed by atoms with E-state index in [0.717, 1.165) is 24.6 Å². The number of nitrogens with two attached hydrogens (primary N) is 1. The van der Waals surface area contributed by atoms with Gasteiger partial charge in [0, 0.05) is 12.6 Å². The highest BCUT2D eigenvalue weighted by Gasteiger charge is 2.17. The van der Waals surface area contributed by atoms with Gasteiger partial charge in [0.25, 0.3) is 0 Å². The van der Waals surface area contributed by atoms with E-state index < -0.39 is 0 Å². The van der Waals surface area contributed by atoms with Crippen molar-refractivity contribution in [3.63, 3.8) is 0 Å². The Labute approximate surface area is 121 Å². The molecule has 2 N–H and O–H groups in total. The molecule has 2 unspecified atom stereocenters. The summed E-state index contributed by atoms with van der Waals surface area (Å²) in [6, 6.07) is 14.4. The van der Waals surface area contributed by atoms with E-state index in [-0.39, 0.29) is 6.04 Å². The number of hydrogen-bond acceptors (Lipinski definition) is 3. The van der Waals surface area contributed by atoms with Crippen LogP contribution in [0.2, 0.25) is 0 Å². The predicted octanol–water partition coefficient (Wildman–Crippen LogP) is 3.36. The van der Waals surface area contributed by atoms with Crippen molar-refractivity contribution in [3.05, 3.63) is 59.5 Å². The zero-order valence-corrected chi connectivity index (χ0v) is 12.5. The van der Waals surface area contributed by atoms with Crippen molar-refractivity contribution in [2.24, 2.45) is 11.7 Å². The van der Waals surface area contributed by atoms with Gasteiger partial charge in [-0.1, -0.05) is 37.3 Å². The first kappa shape index (κ1) is 14.8. The predicted molar refractivity (Wildman–Crippen MR) is 82.3 cm³/mol. The largest absolute Gasteiger partial charge is 0.465 e. The first-order valence-corrected chi connectivity index (χ1v) is 7.10. The maximum absolute atomic E-state index is 6.33. The van der Waals surface area contributed by atoms with E-state index in [2.05, 4.69) is 31.0 Å². The van der Waals surface area contributed by atoms with Crippen LogP contribution in [-0.2, 0) is 6.54 Å². The number of furan rings is 1. The van der Waals surface area contributed by atoms with Crippen molar-refractivity contribution >= 4 is 0 Å². The number of hydrogen-bond donors (Lipinski definition) is 1. The van der Waals surface area contributed by atoms with Crippen LogP contribution in [0.3, 0.4) is 0 Å². The summed E-state index contributed by atoms with van der Waals surface area (Å²) in [5.41, 5.74) is 7.53. The van der Waals surface area contributed by atoms with Gasteiger partial charge in [-0.05, 0) is 37.6 Å². The maximum atomic E-state index is 6.33. The zero-order chi connectivity index (χ0) is 14.5. The normalized spacial score (nSPS) is 14.4. The molecule has 0 aliphatic heterocycles. The molecule has 0 aliphatic carbocycles. The summed E-state index contributed by atoms with van der Waals surface area (Å²) in [4.78, 5) is 2.26. The molecule has 20 heavy (non-hydrogen) atoms. The highest BCUT2D eigenvalue weighted by atomic mass is 16.3. The number of nitrogens with zero attached hydrogens (tertiary/aromatic N) is 1. The van der Waals surface area contributed by atoms with E-state index in [1.54, 1.807) is 0 Å². The molecule has 0 saturated carbocycles. The summed E-state index contributed by atoms with van der Waals surface area (Å²) < 4.78 is 5.61. The molecule has 0 aliphatic rings. The second kappa shape index (κ2) is 6.73. The number of benzene rings is 1. The van der Waals surface area contributed by atoms with Gasteiger partial charge in [-0.3, -0.25) is 4.90 Å². The van der Waals surface area contributed by atoms with Crippen molar-refractivity contribution in [2.75, 3.05) is 13.6 Å². The molecule has 2 rings (SSSR count). The van der Waals surface area contributed by atoms with Crippen LogP contribution in [-0.4, -0.2) is 18.5 Å². The summed E-state index contributed by atoms with van der Waals surface area (Å²) in [5, 5.41) is 0. The van der Waals surface area contributed by atoms with E-state index in [0.29, 0.717) is 5.92 Å². The molecule has 0 spiro atoms. The van der Waals surface area contributed by atoms with E-state index >= 15 is 0 Å². The molecule has 0 amide bonds. The molecule has 3 nitrogen and oxygen atoms in total. The van der Waals surface area contributed by atoms with E-state index in [1.807, 2.05) is 37.3 Å². The fourth-order valence-corrected chi connectivity index (χ4v) is 2.51. The monoisotopic (exact) mass is 272 g/mol. The van der Waals surface area contributed by atoms with Gasteiger partial charge in [-0.25, -0.2) is 0 Å². The number of rotatable bonds is 6. The Morgan fingerprint density at radius 1 is 1.15 bits per heavy atom. The molecule has 0 saturated heterocycles. The summed E-state index contributed by atoms with van der Waals surface area (Å²) >= 11 is 0. The molecular formula is C17H24N2O. The van der Waals surface area contributed by atoms with Crippen LogP contribution >= 0.6 is 0 Å². The summed E-state index contributed by atoms with van der Waals surface area (Å²) in [7, 11) is 2.10. The summed E-state index contributed by atoms with van der Waals surface area (Å²) in [6.07, 6.45) is 0. The van der Waals surface area contributed by atoms with Crippen LogP contribution in [0.25, 0.3) is 0 Å². The lowest BCUT2D eigenvalue weighted by Gasteiger charge is -2.25. The van der Waals surface area contributed by atoms with E-state index in [9.17, 15) is 0 Å². The Morgan fingerprint density at radius 2 is 1.85 bits per heavy atom. The third kappa shape index (κ3) is 3.95. The maximum Gasteiger partial charge on any atom is 0.118 e. The van der Waals surface area contributed by atoms with Crippen molar-refractivity contribution in [1.29, 1.82) is 0 Å². The molecule has 1 aromatic carbocycles. The minimum Gasteiger partial charge on any atom is -0.465 e. The van der Waals surface area contributed by atoms with Crippen LogP contribution in [0, 0.1) is 12.8 Å². The molecule has 1 heterocycles. The van der Waals surface area contributed by atoms with Crippen LogP contribution < -0.4 is 5.73 Å². The van der Waals surface area contributed by atoms with Crippen LogP contribution in [0.15, 0.2) is 46.9 Å². The van der Waals surface area contributed by atoms with Crippen molar-refractivity contribution in [3.8, 4) is 0 Å². The van der Waals surface area contributed by atoms with Gasteiger partial charge in [0.2, 0.25) is 0 Å². The highest BCUT2D eigenvalue weighted by Crippen LogP contribution is 2.20. The molecular weight excluding hydrogens is 248 g/mol. The highest BCUT2D eigenvalue weighted by molar-refractivity contribution is 5.19.